The largest absolute Gasteiger partial charge is 0.326 e. The highest BCUT2D eigenvalue weighted by Gasteiger charge is 2.19. The first-order valence-electron chi connectivity index (χ1n) is 3.50. The Balaban J connectivity index is 2.30. The predicted octanol–water partition coefficient (Wildman–Crippen LogP) is 0.691. The van der Waals surface area contributed by atoms with Crippen molar-refractivity contribution in [1.82, 2.24) is 4.72 Å². The van der Waals surface area contributed by atoms with Gasteiger partial charge in [0.05, 0.1) is 0 Å². The van der Waals surface area contributed by atoms with E-state index in [2.05, 4.69) is 17.5 Å². The number of nitrogens with one attached hydrogen (secondary N) is 1. The SMILES string of the molecule is NC1CCCCC1NS. The molecule has 9 heavy (non-hydrogen) atoms. The van der Waals surface area contributed by atoms with E-state index in [0.29, 0.717) is 12.1 Å². The Morgan fingerprint density at radius 3 is 2.44 bits per heavy atom. The Hall–Kier alpha value is 0.270. The van der Waals surface area contributed by atoms with Gasteiger partial charge >= 0.3 is 0 Å². The third kappa shape index (κ3) is 1.85. The summed E-state index contributed by atoms with van der Waals surface area (Å²) in [7, 11) is 0. The summed E-state index contributed by atoms with van der Waals surface area (Å²) in [6, 6.07) is 0.776. The molecule has 0 bridgehead atoms. The summed E-state index contributed by atoms with van der Waals surface area (Å²) < 4.78 is 2.92. The molecule has 3 heteroatoms. The molecule has 0 aliphatic heterocycles. The van der Waals surface area contributed by atoms with Crippen LogP contribution >= 0.6 is 12.8 Å². The second kappa shape index (κ2) is 3.44. The summed E-state index contributed by atoms with van der Waals surface area (Å²) in [6.45, 7) is 0. The second-order valence-electron chi connectivity index (χ2n) is 2.68. The smallest absolute Gasteiger partial charge is 0.0320 e. The molecule has 1 rings (SSSR count). The molecule has 0 amide bonds. The van der Waals surface area contributed by atoms with Gasteiger partial charge in [-0.3, -0.25) is 4.72 Å². The van der Waals surface area contributed by atoms with Crippen molar-refractivity contribution in [2.24, 2.45) is 5.73 Å². The fraction of sp³-hybridized carbons (Fsp3) is 1.00. The van der Waals surface area contributed by atoms with E-state index in [1.165, 1.54) is 19.3 Å². The van der Waals surface area contributed by atoms with Crippen molar-refractivity contribution in [2.45, 2.75) is 37.8 Å². The fourth-order valence-corrected chi connectivity index (χ4v) is 1.64. The van der Waals surface area contributed by atoms with E-state index in [9.17, 15) is 0 Å². The highest BCUT2D eigenvalue weighted by molar-refractivity contribution is 7.78. The monoisotopic (exact) mass is 146 g/mol. The van der Waals surface area contributed by atoms with Gasteiger partial charge in [-0.25, -0.2) is 0 Å². The molecule has 0 radical (unpaired) electrons. The number of hydrogen-bond donors (Lipinski definition) is 3. The van der Waals surface area contributed by atoms with Crippen LogP contribution < -0.4 is 10.5 Å². The van der Waals surface area contributed by atoms with Crippen LogP contribution in [-0.2, 0) is 0 Å². The van der Waals surface area contributed by atoms with E-state index in [1.54, 1.807) is 0 Å². The van der Waals surface area contributed by atoms with Crippen LogP contribution in [0.15, 0.2) is 0 Å². The summed E-state index contributed by atoms with van der Waals surface area (Å²) in [4.78, 5) is 0. The third-order valence-corrected chi connectivity index (χ3v) is 2.32. The van der Waals surface area contributed by atoms with Crippen LogP contribution in [0.1, 0.15) is 25.7 Å². The van der Waals surface area contributed by atoms with Gasteiger partial charge in [0, 0.05) is 12.1 Å². The first-order chi connectivity index (χ1) is 4.34. The molecular formula is C6H14N2S. The maximum atomic E-state index is 5.78. The number of nitrogens with two attached hydrogens (primary N) is 1. The topological polar surface area (TPSA) is 38.0 Å². The van der Waals surface area contributed by atoms with E-state index in [4.69, 9.17) is 5.73 Å². The molecule has 1 aliphatic carbocycles. The molecule has 3 N–H and O–H groups in total. The molecule has 1 fully saturated rings. The van der Waals surface area contributed by atoms with Crippen LogP contribution in [0.25, 0.3) is 0 Å². The Bertz CT molecular complexity index is 87.1. The standard InChI is InChI=1S/C6H14N2S/c7-5-3-1-2-4-6(5)8-9/h5-6,8-9H,1-4,7H2. The molecule has 0 heterocycles. The zero-order valence-corrected chi connectivity index (χ0v) is 6.40. The first-order valence-corrected chi connectivity index (χ1v) is 3.94. The van der Waals surface area contributed by atoms with Crippen molar-refractivity contribution >= 4 is 12.8 Å². The van der Waals surface area contributed by atoms with Gasteiger partial charge in [0.15, 0.2) is 0 Å². The Morgan fingerprint density at radius 2 is 2.00 bits per heavy atom. The summed E-state index contributed by atoms with van der Waals surface area (Å²) in [6.07, 6.45) is 4.92. The van der Waals surface area contributed by atoms with Crippen LogP contribution in [-0.4, -0.2) is 12.1 Å². The van der Waals surface area contributed by atoms with Crippen molar-refractivity contribution in [2.75, 3.05) is 0 Å². The molecule has 0 aromatic carbocycles. The third-order valence-electron chi connectivity index (χ3n) is 1.99. The van der Waals surface area contributed by atoms with Gasteiger partial charge in [-0.15, -0.1) is 0 Å². The highest BCUT2D eigenvalue weighted by Crippen LogP contribution is 2.16. The van der Waals surface area contributed by atoms with Crippen molar-refractivity contribution < 1.29 is 0 Å². The number of thiol groups is 1. The van der Waals surface area contributed by atoms with E-state index < -0.39 is 0 Å². The lowest BCUT2D eigenvalue weighted by molar-refractivity contribution is 0.370. The zero-order chi connectivity index (χ0) is 6.69. The molecule has 0 saturated heterocycles. The summed E-state index contributed by atoms with van der Waals surface area (Å²) in [5.41, 5.74) is 5.78. The second-order valence-corrected chi connectivity index (χ2v) is 2.94. The molecular weight excluding hydrogens is 132 g/mol. The van der Waals surface area contributed by atoms with Gasteiger partial charge in [0.2, 0.25) is 0 Å². The molecule has 0 aromatic heterocycles. The minimum absolute atomic E-state index is 0.330. The van der Waals surface area contributed by atoms with E-state index >= 15 is 0 Å². The lowest BCUT2D eigenvalue weighted by Gasteiger charge is -2.27. The normalized spacial score (nSPS) is 36.7. The van der Waals surface area contributed by atoms with Crippen LogP contribution in [0.5, 0.6) is 0 Å². The lowest BCUT2D eigenvalue weighted by Crippen LogP contribution is -2.43. The molecule has 0 aromatic rings. The summed E-state index contributed by atoms with van der Waals surface area (Å²) in [5, 5.41) is 0. The number of rotatable bonds is 1. The van der Waals surface area contributed by atoms with Crippen molar-refractivity contribution in [3.63, 3.8) is 0 Å². The maximum Gasteiger partial charge on any atom is 0.0320 e. The van der Waals surface area contributed by atoms with Crippen molar-refractivity contribution in [3.8, 4) is 0 Å². The summed E-state index contributed by atoms with van der Waals surface area (Å²) >= 11 is 3.99. The van der Waals surface area contributed by atoms with E-state index in [1.807, 2.05) is 0 Å². The van der Waals surface area contributed by atoms with Crippen LogP contribution in [0, 0.1) is 0 Å². The van der Waals surface area contributed by atoms with Crippen LogP contribution in [0.2, 0.25) is 0 Å². The Kier molecular flexibility index (Phi) is 2.82. The average Bonchev–Trinajstić information content (AvgIpc) is 1.89. The summed E-state index contributed by atoms with van der Waals surface area (Å²) in [5.74, 6) is 0. The van der Waals surface area contributed by atoms with Gasteiger partial charge in [-0.2, -0.15) is 0 Å². The lowest BCUT2D eigenvalue weighted by atomic mass is 9.92. The zero-order valence-electron chi connectivity index (χ0n) is 5.51. The maximum absolute atomic E-state index is 5.78. The molecule has 2 unspecified atom stereocenters. The van der Waals surface area contributed by atoms with Gasteiger partial charge in [0.25, 0.3) is 0 Å². The minimum Gasteiger partial charge on any atom is -0.326 e. The molecule has 1 saturated carbocycles. The van der Waals surface area contributed by atoms with Gasteiger partial charge < -0.3 is 5.73 Å². The average molecular weight is 146 g/mol. The van der Waals surface area contributed by atoms with Crippen molar-refractivity contribution in [3.05, 3.63) is 0 Å². The van der Waals surface area contributed by atoms with Crippen LogP contribution in [0.4, 0.5) is 0 Å². The molecule has 0 spiro atoms. The molecule has 1 aliphatic rings. The van der Waals surface area contributed by atoms with Gasteiger partial charge in [-0.05, 0) is 12.8 Å². The fourth-order valence-electron chi connectivity index (χ4n) is 1.32. The molecule has 2 nitrogen and oxygen atoms in total. The Morgan fingerprint density at radius 1 is 1.33 bits per heavy atom. The molecule has 2 atom stereocenters. The number of hydrogen-bond acceptors (Lipinski definition) is 3. The Labute approximate surface area is 61.7 Å². The van der Waals surface area contributed by atoms with E-state index in [0.717, 1.165) is 6.42 Å². The molecule has 54 valence electrons. The predicted molar refractivity (Wildman–Crippen MR) is 42.4 cm³/mol. The van der Waals surface area contributed by atoms with Crippen LogP contribution in [0.3, 0.4) is 0 Å². The highest BCUT2D eigenvalue weighted by atomic mass is 32.1. The van der Waals surface area contributed by atoms with Gasteiger partial charge in [0.1, 0.15) is 0 Å². The van der Waals surface area contributed by atoms with Crippen molar-refractivity contribution in [1.29, 1.82) is 0 Å². The van der Waals surface area contributed by atoms with Gasteiger partial charge in [-0.1, -0.05) is 25.7 Å². The first kappa shape index (κ1) is 7.38. The quantitative estimate of drug-likeness (QED) is 0.476. The van der Waals surface area contributed by atoms with E-state index in [-0.39, 0.29) is 0 Å². The minimum atomic E-state index is 0.330.